The quantitative estimate of drug-likeness (QED) is 0.451. The molecule has 1 aromatic rings. The Kier molecular flexibility index (Phi) is 10.2. The van der Waals surface area contributed by atoms with Crippen molar-refractivity contribution < 1.29 is 19.1 Å². The molecule has 0 saturated carbocycles. The number of esters is 1. The Morgan fingerprint density at radius 3 is 1.86 bits per heavy atom. The molecule has 0 atom stereocenters. The summed E-state index contributed by atoms with van der Waals surface area (Å²) >= 11 is 0. The second-order valence-electron chi connectivity index (χ2n) is 8.29. The summed E-state index contributed by atoms with van der Waals surface area (Å²) in [4.78, 5) is 26.6. The van der Waals surface area contributed by atoms with Crippen LogP contribution in [0.4, 0.5) is 4.79 Å². The predicted molar refractivity (Wildman–Crippen MR) is 117 cm³/mol. The lowest BCUT2D eigenvalue weighted by molar-refractivity contribution is -0.0462. The summed E-state index contributed by atoms with van der Waals surface area (Å²) in [5.74, 6) is 0.00672. The number of hydrogen-bond acceptors (Lipinski definition) is 4. The van der Waals surface area contributed by atoms with Gasteiger partial charge in [-0.05, 0) is 49.8 Å². The van der Waals surface area contributed by atoms with E-state index in [1.54, 1.807) is 4.90 Å². The Morgan fingerprint density at radius 2 is 1.41 bits per heavy atom. The molecule has 0 saturated heterocycles. The molecule has 0 aliphatic heterocycles. The van der Waals surface area contributed by atoms with Crippen LogP contribution in [0.25, 0.3) is 0 Å². The second kappa shape index (κ2) is 11.8. The fraction of sp³-hybridized carbons (Fsp3) is 0.667. The summed E-state index contributed by atoms with van der Waals surface area (Å²) in [5, 5.41) is 0. The molecule has 1 rings (SSSR count). The molecule has 0 fully saturated rings. The SMILES string of the molecule is CCCc1ccc(C(=O)OCC(COC(=O)N(CC)CC)(C(C)C)C(C)C)cc1. The monoisotopic (exact) mass is 405 g/mol. The fourth-order valence-electron chi connectivity index (χ4n) is 3.52. The van der Waals surface area contributed by atoms with E-state index in [0.717, 1.165) is 12.8 Å². The minimum absolute atomic E-state index is 0.173. The number of ether oxygens (including phenoxy) is 2. The molecule has 5 nitrogen and oxygen atoms in total. The van der Waals surface area contributed by atoms with Gasteiger partial charge < -0.3 is 14.4 Å². The molecular formula is C24H39NO4. The van der Waals surface area contributed by atoms with Gasteiger partial charge in [-0.15, -0.1) is 0 Å². The van der Waals surface area contributed by atoms with Gasteiger partial charge in [-0.3, -0.25) is 0 Å². The molecule has 1 amide bonds. The summed E-state index contributed by atoms with van der Waals surface area (Å²) in [5.41, 5.74) is 1.32. The van der Waals surface area contributed by atoms with Crippen LogP contribution in [0.15, 0.2) is 24.3 Å². The molecule has 0 radical (unpaired) electrons. The Bertz CT molecular complexity index is 625. The van der Waals surface area contributed by atoms with E-state index in [9.17, 15) is 9.59 Å². The molecular weight excluding hydrogens is 366 g/mol. The first-order valence-corrected chi connectivity index (χ1v) is 10.9. The van der Waals surface area contributed by atoms with E-state index in [-0.39, 0.29) is 37.1 Å². The number of carbonyl (C=O) groups is 2. The first-order valence-electron chi connectivity index (χ1n) is 10.9. The molecule has 5 heteroatoms. The summed E-state index contributed by atoms with van der Waals surface area (Å²) < 4.78 is 11.4. The maximum atomic E-state index is 12.6. The molecule has 0 unspecified atom stereocenters. The van der Waals surface area contributed by atoms with Crippen molar-refractivity contribution in [2.75, 3.05) is 26.3 Å². The van der Waals surface area contributed by atoms with Gasteiger partial charge in [0.1, 0.15) is 13.2 Å². The first-order chi connectivity index (χ1) is 13.7. The van der Waals surface area contributed by atoms with Gasteiger partial charge in [0.2, 0.25) is 0 Å². The van der Waals surface area contributed by atoms with Gasteiger partial charge in [0.05, 0.1) is 5.56 Å². The molecule has 0 aliphatic carbocycles. The number of aryl methyl sites for hydroxylation is 1. The Hall–Kier alpha value is -2.04. The van der Waals surface area contributed by atoms with Crippen LogP contribution < -0.4 is 0 Å². The zero-order chi connectivity index (χ0) is 22.0. The minimum Gasteiger partial charge on any atom is -0.461 e. The zero-order valence-electron chi connectivity index (χ0n) is 19.3. The summed E-state index contributed by atoms with van der Waals surface area (Å²) in [7, 11) is 0. The van der Waals surface area contributed by atoms with E-state index in [4.69, 9.17) is 9.47 Å². The highest BCUT2D eigenvalue weighted by Gasteiger charge is 2.40. The van der Waals surface area contributed by atoms with Gasteiger partial charge in [0.25, 0.3) is 0 Å². The lowest BCUT2D eigenvalue weighted by Crippen LogP contribution is -2.45. The van der Waals surface area contributed by atoms with Crippen molar-refractivity contribution in [1.29, 1.82) is 0 Å². The number of amides is 1. The minimum atomic E-state index is -0.444. The average Bonchev–Trinajstić information content (AvgIpc) is 2.69. The van der Waals surface area contributed by atoms with Crippen LogP contribution in [0.1, 0.15) is 70.8 Å². The van der Waals surface area contributed by atoms with Crippen LogP contribution in [0.2, 0.25) is 0 Å². The average molecular weight is 406 g/mol. The van der Waals surface area contributed by atoms with Crippen LogP contribution in [-0.2, 0) is 15.9 Å². The molecule has 1 aromatic carbocycles. The first kappa shape index (κ1) is 25.0. The second-order valence-corrected chi connectivity index (χ2v) is 8.29. The number of rotatable bonds is 11. The third kappa shape index (κ3) is 6.76. The highest BCUT2D eigenvalue weighted by Crippen LogP contribution is 2.37. The topological polar surface area (TPSA) is 55.8 Å². The standard InChI is InChI=1S/C24H39NO4/c1-8-11-20-12-14-21(15-13-20)22(26)28-16-24(18(4)5,19(6)7)17-29-23(27)25(9-2)10-3/h12-15,18-19H,8-11,16-17H2,1-7H3. The predicted octanol–water partition coefficient (Wildman–Crippen LogP) is 5.57. The van der Waals surface area contributed by atoms with Crippen molar-refractivity contribution in [3.05, 3.63) is 35.4 Å². The largest absolute Gasteiger partial charge is 0.461 e. The van der Waals surface area contributed by atoms with Crippen molar-refractivity contribution in [2.45, 2.75) is 61.3 Å². The van der Waals surface area contributed by atoms with Gasteiger partial charge in [-0.2, -0.15) is 0 Å². The molecule has 164 valence electrons. The molecule has 29 heavy (non-hydrogen) atoms. The third-order valence-electron chi connectivity index (χ3n) is 5.99. The maximum Gasteiger partial charge on any atom is 0.409 e. The van der Waals surface area contributed by atoms with Gasteiger partial charge >= 0.3 is 12.1 Å². The van der Waals surface area contributed by atoms with E-state index in [0.29, 0.717) is 18.7 Å². The number of hydrogen-bond donors (Lipinski definition) is 0. The Morgan fingerprint density at radius 1 is 0.897 bits per heavy atom. The summed E-state index contributed by atoms with van der Waals surface area (Å²) in [6.45, 7) is 16.0. The molecule has 0 bridgehead atoms. The van der Waals surface area contributed by atoms with Crippen LogP contribution in [0, 0.1) is 17.3 Å². The van der Waals surface area contributed by atoms with E-state index < -0.39 is 5.41 Å². The fourth-order valence-corrected chi connectivity index (χ4v) is 3.52. The molecule has 0 spiro atoms. The highest BCUT2D eigenvalue weighted by atomic mass is 16.6. The normalized spacial score (nSPS) is 11.6. The van der Waals surface area contributed by atoms with E-state index in [1.165, 1.54) is 5.56 Å². The van der Waals surface area contributed by atoms with Gasteiger partial charge in [-0.25, -0.2) is 9.59 Å². The number of nitrogens with zero attached hydrogens (tertiary/aromatic N) is 1. The lowest BCUT2D eigenvalue weighted by atomic mass is 9.70. The molecule has 0 N–H and O–H groups in total. The van der Waals surface area contributed by atoms with Crippen LogP contribution in [-0.4, -0.2) is 43.3 Å². The number of carbonyl (C=O) groups excluding carboxylic acids is 2. The van der Waals surface area contributed by atoms with Crippen molar-refractivity contribution in [3.8, 4) is 0 Å². The zero-order valence-corrected chi connectivity index (χ0v) is 19.3. The smallest absolute Gasteiger partial charge is 0.409 e. The van der Waals surface area contributed by atoms with Gasteiger partial charge in [-0.1, -0.05) is 53.2 Å². The third-order valence-corrected chi connectivity index (χ3v) is 5.99. The van der Waals surface area contributed by atoms with Crippen LogP contribution in [0.5, 0.6) is 0 Å². The Labute approximate surface area is 176 Å². The van der Waals surface area contributed by atoms with Gasteiger partial charge in [0.15, 0.2) is 0 Å². The molecule has 0 heterocycles. The highest BCUT2D eigenvalue weighted by molar-refractivity contribution is 5.89. The summed E-state index contributed by atoms with van der Waals surface area (Å²) in [6.07, 6.45) is 1.75. The van der Waals surface area contributed by atoms with E-state index >= 15 is 0 Å². The van der Waals surface area contributed by atoms with Crippen LogP contribution >= 0.6 is 0 Å². The Balaban J connectivity index is 2.87. The van der Waals surface area contributed by atoms with Crippen LogP contribution in [0.3, 0.4) is 0 Å². The number of benzene rings is 1. The molecule has 0 aliphatic rings. The van der Waals surface area contributed by atoms with Crippen molar-refractivity contribution in [3.63, 3.8) is 0 Å². The maximum absolute atomic E-state index is 12.6. The van der Waals surface area contributed by atoms with E-state index in [1.807, 2.05) is 38.1 Å². The van der Waals surface area contributed by atoms with Gasteiger partial charge in [0, 0.05) is 18.5 Å². The van der Waals surface area contributed by atoms with Crippen molar-refractivity contribution in [2.24, 2.45) is 17.3 Å². The summed E-state index contributed by atoms with van der Waals surface area (Å²) in [6, 6.07) is 7.59. The van der Waals surface area contributed by atoms with E-state index in [2.05, 4.69) is 34.6 Å². The van der Waals surface area contributed by atoms with Crippen molar-refractivity contribution in [1.82, 2.24) is 4.90 Å². The van der Waals surface area contributed by atoms with Crippen molar-refractivity contribution >= 4 is 12.1 Å². The molecule has 0 aromatic heterocycles. The lowest BCUT2D eigenvalue weighted by Gasteiger charge is -2.40.